The number of halogens is 1. The molecule has 0 saturated carbocycles. The summed E-state index contributed by atoms with van der Waals surface area (Å²) in [6, 6.07) is 19.5. The Balaban J connectivity index is 1.56. The first kappa shape index (κ1) is 27.8. The van der Waals surface area contributed by atoms with Gasteiger partial charge in [-0.1, -0.05) is 23.8 Å². The third kappa shape index (κ3) is 6.26. The van der Waals surface area contributed by atoms with Crippen LogP contribution in [0.3, 0.4) is 0 Å². The molecule has 0 aliphatic heterocycles. The summed E-state index contributed by atoms with van der Waals surface area (Å²) in [6.07, 6.45) is 1.55. The number of nitrogens with zero attached hydrogens (tertiary/aromatic N) is 3. The molecule has 4 rings (SSSR count). The molecule has 0 spiro atoms. The number of benzene rings is 3. The average Bonchev–Trinajstić information content (AvgIpc) is 3.15. The van der Waals surface area contributed by atoms with Crippen molar-refractivity contribution in [2.75, 3.05) is 10.8 Å². The highest BCUT2D eigenvalue weighted by atomic mass is 32.2. The van der Waals surface area contributed by atoms with E-state index in [9.17, 15) is 17.6 Å². The number of anilines is 1. The van der Waals surface area contributed by atoms with Crippen LogP contribution in [0.15, 0.2) is 82.8 Å². The lowest BCUT2D eigenvalue weighted by molar-refractivity contribution is -0.119. The number of aryl methyl sites for hydroxylation is 4. The zero-order chi connectivity index (χ0) is 28.3. The molecule has 4 aromatic rings. The Kier molecular flexibility index (Phi) is 8.01. The molecule has 0 bridgehead atoms. The summed E-state index contributed by atoms with van der Waals surface area (Å²) < 4.78 is 43.4. The standard InChI is InChI=1S/C30H31FN4O3S/c1-20-6-10-27(11-7-20)34(39(37,38)29-12-8-26(31)9-13-29)19-30(36)33-32-18-25-17-23(4)35(24(25)5)28-15-21(2)14-22(3)16-28/h6-18H,19H2,1-5H3,(H,33,36)/b32-18+. The second-order valence-electron chi connectivity index (χ2n) is 9.60. The zero-order valence-corrected chi connectivity index (χ0v) is 23.4. The number of rotatable bonds is 8. The van der Waals surface area contributed by atoms with E-state index in [-0.39, 0.29) is 4.90 Å². The van der Waals surface area contributed by atoms with Crippen molar-refractivity contribution in [1.82, 2.24) is 9.99 Å². The molecular formula is C30H31FN4O3S. The molecular weight excluding hydrogens is 515 g/mol. The van der Waals surface area contributed by atoms with Gasteiger partial charge in [-0.15, -0.1) is 0 Å². The summed E-state index contributed by atoms with van der Waals surface area (Å²) >= 11 is 0. The fourth-order valence-corrected chi connectivity index (χ4v) is 5.92. The predicted molar refractivity (Wildman–Crippen MR) is 153 cm³/mol. The van der Waals surface area contributed by atoms with E-state index in [1.54, 1.807) is 30.5 Å². The Morgan fingerprint density at radius 2 is 1.51 bits per heavy atom. The Hall–Kier alpha value is -4.24. The van der Waals surface area contributed by atoms with Gasteiger partial charge in [-0.25, -0.2) is 18.2 Å². The van der Waals surface area contributed by atoms with Gasteiger partial charge in [0.15, 0.2) is 0 Å². The molecule has 1 aromatic heterocycles. The maximum atomic E-state index is 13.4. The number of hydrazone groups is 1. The second kappa shape index (κ2) is 11.2. The molecule has 0 aliphatic carbocycles. The third-order valence-corrected chi connectivity index (χ3v) is 8.13. The lowest BCUT2D eigenvalue weighted by Gasteiger charge is -2.23. The van der Waals surface area contributed by atoms with Crippen molar-refractivity contribution in [2.45, 2.75) is 39.5 Å². The number of hydrogen-bond acceptors (Lipinski definition) is 4. The lowest BCUT2D eigenvalue weighted by atomic mass is 10.1. The van der Waals surface area contributed by atoms with Crippen LogP contribution in [0.2, 0.25) is 0 Å². The topological polar surface area (TPSA) is 83.8 Å². The summed E-state index contributed by atoms with van der Waals surface area (Å²) in [5.41, 5.74) is 9.85. The van der Waals surface area contributed by atoms with E-state index in [4.69, 9.17) is 0 Å². The van der Waals surface area contributed by atoms with Gasteiger partial charge in [0.1, 0.15) is 12.4 Å². The first-order valence-corrected chi connectivity index (χ1v) is 13.8. The van der Waals surface area contributed by atoms with Crippen LogP contribution >= 0.6 is 0 Å². The molecule has 39 heavy (non-hydrogen) atoms. The average molecular weight is 547 g/mol. The number of amides is 1. The molecule has 9 heteroatoms. The fourth-order valence-electron chi connectivity index (χ4n) is 4.49. The molecule has 7 nitrogen and oxygen atoms in total. The fraction of sp³-hybridized carbons (Fsp3) is 0.200. The summed E-state index contributed by atoms with van der Waals surface area (Å²) in [7, 11) is -4.15. The van der Waals surface area contributed by atoms with E-state index < -0.39 is 28.3 Å². The van der Waals surface area contributed by atoms with Gasteiger partial charge in [0.2, 0.25) is 0 Å². The molecule has 3 aromatic carbocycles. The van der Waals surface area contributed by atoms with E-state index >= 15 is 0 Å². The Morgan fingerprint density at radius 3 is 2.13 bits per heavy atom. The second-order valence-corrected chi connectivity index (χ2v) is 11.5. The molecule has 1 N–H and O–H groups in total. The quantitative estimate of drug-likeness (QED) is 0.234. The minimum absolute atomic E-state index is 0.125. The van der Waals surface area contributed by atoms with E-state index in [0.29, 0.717) is 5.69 Å². The SMILES string of the molecule is Cc1ccc(N(CC(=O)N/N=C/c2cc(C)n(-c3cc(C)cc(C)c3)c2C)S(=O)(=O)c2ccc(F)cc2)cc1. The molecule has 0 atom stereocenters. The van der Waals surface area contributed by atoms with Gasteiger partial charge in [-0.2, -0.15) is 5.10 Å². The van der Waals surface area contributed by atoms with Crippen LogP contribution in [-0.4, -0.2) is 31.7 Å². The van der Waals surface area contributed by atoms with E-state index in [2.05, 4.69) is 47.1 Å². The number of aromatic nitrogens is 1. The minimum atomic E-state index is -4.15. The number of sulfonamides is 1. The zero-order valence-electron chi connectivity index (χ0n) is 22.6. The Labute approximate surface area is 228 Å². The van der Waals surface area contributed by atoms with Gasteiger partial charge < -0.3 is 4.57 Å². The van der Waals surface area contributed by atoms with Crippen molar-refractivity contribution >= 4 is 27.8 Å². The van der Waals surface area contributed by atoms with E-state index in [1.165, 1.54) is 12.1 Å². The number of carbonyl (C=O) groups excluding carboxylic acids is 1. The number of nitrogens with one attached hydrogen (secondary N) is 1. The third-order valence-electron chi connectivity index (χ3n) is 6.34. The summed E-state index contributed by atoms with van der Waals surface area (Å²) in [6.45, 7) is 9.45. The smallest absolute Gasteiger partial charge is 0.264 e. The summed E-state index contributed by atoms with van der Waals surface area (Å²) in [4.78, 5) is 12.7. The normalized spacial score (nSPS) is 11.6. The molecule has 1 heterocycles. The first-order valence-electron chi connectivity index (χ1n) is 12.4. The highest BCUT2D eigenvalue weighted by molar-refractivity contribution is 7.92. The first-order chi connectivity index (χ1) is 18.5. The van der Waals surface area contributed by atoms with E-state index in [1.807, 2.05) is 26.8 Å². The van der Waals surface area contributed by atoms with Crippen LogP contribution < -0.4 is 9.73 Å². The molecule has 0 aliphatic rings. The largest absolute Gasteiger partial charge is 0.318 e. The van der Waals surface area contributed by atoms with Gasteiger partial charge in [-0.3, -0.25) is 9.10 Å². The molecule has 1 amide bonds. The maximum Gasteiger partial charge on any atom is 0.264 e. The van der Waals surface area contributed by atoms with Crippen molar-refractivity contribution in [3.63, 3.8) is 0 Å². The monoisotopic (exact) mass is 546 g/mol. The van der Waals surface area contributed by atoms with Gasteiger partial charge >= 0.3 is 0 Å². The summed E-state index contributed by atoms with van der Waals surface area (Å²) in [5.74, 6) is -1.18. The Morgan fingerprint density at radius 1 is 0.897 bits per heavy atom. The van der Waals surface area contributed by atoms with Crippen LogP contribution in [0, 0.1) is 40.4 Å². The molecule has 0 fully saturated rings. The molecule has 202 valence electrons. The van der Waals surface area contributed by atoms with Gasteiger partial charge in [0.25, 0.3) is 15.9 Å². The molecule has 0 radical (unpaired) electrons. The van der Waals surface area contributed by atoms with Crippen molar-refractivity contribution in [2.24, 2.45) is 5.10 Å². The molecule has 0 unspecified atom stereocenters. The lowest BCUT2D eigenvalue weighted by Crippen LogP contribution is -2.39. The predicted octanol–water partition coefficient (Wildman–Crippen LogP) is 5.50. The molecule has 0 saturated heterocycles. The van der Waals surface area contributed by atoms with Crippen LogP contribution in [0.25, 0.3) is 5.69 Å². The number of carbonyl (C=O) groups is 1. The van der Waals surface area contributed by atoms with Crippen LogP contribution in [0.5, 0.6) is 0 Å². The van der Waals surface area contributed by atoms with Crippen LogP contribution in [0.1, 0.15) is 33.6 Å². The van der Waals surface area contributed by atoms with Gasteiger partial charge in [-0.05, 0) is 100 Å². The van der Waals surface area contributed by atoms with E-state index in [0.717, 1.165) is 55.8 Å². The highest BCUT2D eigenvalue weighted by Crippen LogP contribution is 2.25. The van der Waals surface area contributed by atoms with Gasteiger partial charge in [0.05, 0.1) is 16.8 Å². The highest BCUT2D eigenvalue weighted by Gasteiger charge is 2.27. The maximum absolute atomic E-state index is 13.4. The minimum Gasteiger partial charge on any atom is -0.318 e. The van der Waals surface area contributed by atoms with Crippen molar-refractivity contribution in [3.05, 3.63) is 112 Å². The van der Waals surface area contributed by atoms with Crippen LogP contribution in [-0.2, 0) is 14.8 Å². The van der Waals surface area contributed by atoms with Crippen molar-refractivity contribution < 1.29 is 17.6 Å². The number of hydrogen-bond donors (Lipinski definition) is 1. The van der Waals surface area contributed by atoms with Crippen molar-refractivity contribution in [3.8, 4) is 5.69 Å². The van der Waals surface area contributed by atoms with Gasteiger partial charge in [0, 0.05) is 22.6 Å². The Bertz CT molecular complexity index is 1620. The summed E-state index contributed by atoms with van der Waals surface area (Å²) in [5, 5.41) is 4.10. The van der Waals surface area contributed by atoms with Crippen LogP contribution in [0.4, 0.5) is 10.1 Å². The van der Waals surface area contributed by atoms with Crippen molar-refractivity contribution in [1.29, 1.82) is 0 Å².